The summed E-state index contributed by atoms with van der Waals surface area (Å²) in [4.78, 5) is 0. The Labute approximate surface area is 263 Å². The van der Waals surface area contributed by atoms with Crippen molar-refractivity contribution in [3.8, 4) is 0 Å². The van der Waals surface area contributed by atoms with Crippen LogP contribution in [0.2, 0.25) is 0 Å². The van der Waals surface area contributed by atoms with Gasteiger partial charge in [-0.05, 0) is 76.8 Å². The number of rotatable bonds is 0. The summed E-state index contributed by atoms with van der Waals surface area (Å²) < 4.78 is 7.31. The molecule has 1 heteroatoms. The van der Waals surface area contributed by atoms with Crippen LogP contribution >= 0.6 is 0 Å². The predicted molar refractivity (Wildman–Crippen MR) is 196 cm³/mol. The predicted octanol–water partition coefficient (Wildman–Crippen LogP) is 13.1. The van der Waals surface area contributed by atoms with Crippen LogP contribution in [0.1, 0.15) is 52.7 Å². The van der Waals surface area contributed by atoms with Crippen LogP contribution < -0.4 is 0 Å². The fourth-order valence-electron chi connectivity index (χ4n) is 7.85. The van der Waals surface area contributed by atoms with Crippen molar-refractivity contribution in [2.24, 2.45) is 0 Å². The Kier molecular flexibility index (Phi) is 5.22. The molecule has 0 atom stereocenters. The third kappa shape index (κ3) is 3.67. The molecule has 0 unspecified atom stereocenters. The third-order valence-corrected chi connectivity index (χ3v) is 10.00. The van der Waals surface area contributed by atoms with Crippen LogP contribution in [0.25, 0.3) is 86.6 Å². The van der Waals surface area contributed by atoms with Crippen molar-refractivity contribution in [3.63, 3.8) is 0 Å². The Morgan fingerprint density at radius 2 is 0.711 bits per heavy atom. The second kappa shape index (κ2) is 8.86. The minimum Gasteiger partial charge on any atom is -0.455 e. The average molecular weight is 581 g/mol. The molecule has 1 heterocycles. The topological polar surface area (TPSA) is 13.1 Å². The van der Waals surface area contributed by atoms with Gasteiger partial charge in [0.25, 0.3) is 0 Å². The first-order valence-corrected chi connectivity index (χ1v) is 16.1. The monoisotopic (exact) mass is 580 g/mol. The second-order valence-electron chi connectivity index (χ2n) is 15.0. The largest absolute Gasteiger partial charge is 0.455 e. The maximum atomic E-state index is 7.31. The summed E-state index contributed by atoms with van der Waals surface area (Å²) in [5, 5.41) is 17.8. The van der Waals surface area contributed by atoms with Gasteiger partial charge >= 0.3 is 0 Å². The summed E-state index contributed by atoms with van der Waals surface area (Å²) in [5.41, 5.74) is 4.31. The zero-order valence-corrected chi connectivity index (χ0v) is 26.8. The summed E-state index contributed by atoms with van der Waals surface area (Å²) >= 11 is 0. The van der Waals surface area contributed by atoms with Gasteiger partial charge in [-0.3, -0.25) is 0 Å². The minimum atomic E-state index is -0.111. The lowest BCUT2D eigenvalue weighted by Crippen LogP contribution is -2.11. The summed E-state index contributed by atoms with van der Waals surface area (Å²) in [6.45, 7) is 13.9. The fraction of sp³-hybridized carbons (Fsp3) is 0.182. The lowest BCUT2D eigenvalue weighted by atomic mass is 9.81. The number of furan rings is 1. The van der Waals surface area contributed by atoms with Gasteiger partial charge in [0, 0.05) is 32.7 Å². The maximum absolute atomic E-state index is 7.31. The van der Waals surface area contributed by atoms with Crippen molar-refractivity contribution in [2.75, 3.05) is 0 Å². The Bertz CT molecular complexity index is 2520. The molecule has 0 aliphatic heterocycles. The lowest BCUT2D eigenvalue weighted by molar-refractivity contribution is 0.558. The fourth-order valence-corrected chi connectivity index (χ4v) is 7.85. The maximum Gasteiger partial charge on any atom is 0.139 e. The third-order valence-electron chi connectivity index (χ3n) is 10.00. The number of hydrogen-bond donors (Lipinski definition) is 0. The van der Waals surface area contributed by atoms with Crippen LogP contribution in [0.5, 0.6) is 0 Å². The second-order valence-corrected chi connectivity index (χ2v) is 15.0. The lowest BCUT2D eigenvalue weighted by Gasteiger charge is -2.21. The molecule has 45 heavy (non-hydrogen) atoms. The first-order chi connectivity index (χ1) is 21.6. The minimum absolute atomic E-state index is 0.111. The van der Waals surface area contributed by atoms with Gasteiger partial charge in [0.2, 0.25) is 0 Å². The molecule has 9 rings (SSSR count). The molecule has 0 fully saturated rings. The van der Waals surface area contributed by atoms with Crippen LogP contribution in [0, 0.1) is 0 Å². The molecular formula is C44H36O. The van der Waals surface area contributed by atoms with E-state index in [4.69, 9.17) is 4.42 Å². The van der Waals surface area contributed by atoms with Crippen LogP contribution in [-0.2, 0) is 10.8 Å². The summed E-state index contributed by atoms with van der Waals surface area (Å²) in [7, 11) is 0. The van der Waals surface area contributed by atoms with Gasteiger partial charge in [-0.2, -0.15) is 0 Å². The number of fused-ring (bicyclic) bond motifs is 15. The molecule has 0 bridgehead atoms. The Balaban J connectivity index is 1.70. The van der Waals surface area contributed by atoms with Crippen LogP contribution in [0.3, 0.4) is 0 Å². The van der Waals surface area contributed by atoms with E-state index in [1.807, 2.05) is 0 Å². The van der Waals surface area contributed by atoms with Crippen molar-refractivity contribution in [2.45, 2.75) is 52.4 Å². The van der Waals surface area contributed by atoms with E-state index in [2.05, 4.69) is 151 Å². The number of benzene rings is 8. The first-order valence-electron chi connectivity index (χ1n) is 16.1. The zero-order chi connectivity index (χ0) is 30.8. The summed E-state index contributed by atoms with van der Waals surface area (Å²) in [5.74, 6) is 0. The molecule has 0 radical (unpaired) electrons. The van der Waals surface area contributed by atoms with E-state index in [1.54, 1.807) is 0 Å². The highest BCUT2D eigenvalue weighted by Crippen LogP contribution is 2.50. The zero-order valence-electron chi connectivity index (χ0n) is 26.8. The first kappa shape index (κ1) is 26.5. The van der Waals surface area contributed by atoms with Crippen molar-refractivity contribution >= 4 is 86.6 Å². The van der Waals surface area contributed by atoms with Crippen LogP contribution in [0.4, 0.5) is 0 Å². The molecule has 0 aliphatic carbocycles. The van der Waals surface area contributed by atoms with E-state index < -0.39 is 0 Å². The van der Waals surface area contributed by atoms with Crippen LogP contribution in [-0.4, -0.2) is 0 Å². The van der Waals surface area contributed by atoms with E-state index in [0.29, 0.717) is 0 Å². The molecule has 0 spiro atoms. The van der Waals surface area contributed by atoms with E-state index >= 15 is 0 Å². The Morgan fingerprint density at radius 3 is 1.11 bits per heavy atom. The van der Waals surface area contributed by atoms with Crippen molar-refractivity contribution in [3.05, 3.63) is 120 Å². The molecule has 0 saturated carbocycles. The quantitative estimate of drug-likeness (QED) is 0.163. The molecule has 1 aromatic heterocycles. The standard InChI is InChI=1S/C44H36O/c1-43(2,3)33-23-29-21-19-27-17-15-25-11-7-9-13-31(25)35(27)37(29)39-40-38-30(24-34(44(4,5)6)42(40)45-41(33)39)22-20-28-18-16-26-12-8-10-14-32(26)36(28)38/h7-24H,1-6H3. The molecule has 8 aromatic carbocycles. The smallest absolute Gasteiger partial charge is 0.139 e. The van der Waals surface area contributed by atoms with Gasteiger partial charge in [-0.1, -0.05) is 139 Å². The average Bonchev–Trinajstić information content (AvgIpc) is 3.42. The summed E-state index contributed by atoms with van der Waals surface area (Å²) in [6, 6.07) is 40.7. The molecule has 1 nitrogen and oxygen atoms in total. The van der Waals surface area contributed by atoms with E-state index in [0.717, 1.165) is 11.2 Å². The van der Waals surface area contributed by atoms with Gasteiger partial charge in [-0.25, -0.2) is 0 Å². The Hall–Kier alpha value is -4.88. The summed E-state index contributed by atoms with van der Waals surface area (Å²) in [6.07, 6.45) is 0. The molecule has 0 amide bonds. The van der Waals surface area contributed by atoms with Gasteiger partial charge in [0.1, 0.15) is 11.2 Å². The highest BCUT2D eigenvalue weighted by molar-refractivity contribution is 6.39. The van der Waals surface area contributed by atoms with Crippen molar-refractivity contribution in [1.82, 2.24) is 0 Å². The van der Waals surface area contributed by atoms with Gasteiger partial charge < -0.3 is 4.42 Å². The number of hydrogen-bond acceptors (Lipinski definition) is 1. The molecule has 0 saturated heterocycles. The normalized spacial score (nSPS) is 13.1. The molecule has 218 valence electrons. The van der Waals surface area contributed by atoms with E-state index in [-0.39, 0.29) is 10.8 Å². The van der Waals surface area contributed by atoms with Gasteiger partial charge in [-0.15, -0.1) is 0 Å². The van der Waals surface area contributed by atoms with Crippen molar-refractivity contribution < 1.29 is 4.42 Å². The SMILES string of the molecule is CC(C)(C)c1cc2ccc3ccc4ccccc4c3c2c2c1oc1c(C(C)(C)C)cc3ccc4ccc5ccccc5c4c3c12. The van der Waals surface area contributed by atoms with Crippen LogP contribution in [0.15, 0.2) is 114 Å². The Morgan fingerprint density at radius 1 is 0.356 bits per heavy atom. The molecule has 9 aromatic rings. The van der Waals surface area contributed by atoms with E-state index in [1.165, 1.54) is 86.5 Å². The molecule has 0 aliphatic rings. The highest BCUT2D eigenvalue weighted by Gasteiger charge is 2.29. The van der Waals surface area contributed by atoms with Gasteiger partial charge in [0.15, 0.2) is 0 Å². The van der Waals surface area contributed by atoms with Crippen molar-refractivity contribution in [1.29, 1.82) is 0 Å². The highest BCUT2D eigenvalue weighted by atomic mass is 16.3. The molecule has 0 N–H and O–H groups in total. The van der Waals surface area contributed by atoms with Gasteiger partial charge in [0.05, 0.1) is 0 Å². The van der Waals surface area contributed by atoms with E-state index in [9.17, 15) is 0 Å². The molecular weight excluding hydrogens is 544 g/mol.